The van der Waals surface area contributed by atoms with Gasteiger partial charge in [0.2, 0.25) is 5.82 Å². The highest BCUT2D eigenvalue weighted by Gasteiger charge is 2.18. The van der Waals surface area contributed by atoms with Gasteiger partial charge in [0.1, 0.15) is 0 Å². The maximum Gasteiger partial charge on any atom is 0.316 e. The summed E-state index contributed by atoms with van der Waals surface area (Å²) in [6.07, 6.45) is 2.46. The number of carbonyl (C=O) groups is 1. The second-order valence-electron chi connectivity index (χ2n) is 7.31. The van der Waals surface area contributed by atoms with Crippen molar-refractivity contribution < 1.29 is 9.32 Å². The number of nitrogens with one attached hydrogen (secondary N) is 1. The van der Waals surface area contributed by atoms with Crippen LogP contribution in [0.25, 0.3) is 11.4 Å². The molecule has 1 aliphatic rings. The van der Waals surface area contributed by atoms with Crippen LogP contribution >= 0.6 is 0 Å². The maximum absolute atomic E-state index is 12.2. The van der Waals surface area contributed by atoms with Gasteiger partial charge in [-0.25, -0.2) is 0 Å². The molecule has 0 radical (unpaired) electrons. The van der Waals surface area contributed by atoms with E-state index in [1.54, 1.807) is 0 Å². The third-order valence-electron chi connectivity index (χ3n) is 5.19. The van der Waals surface area contributed by atoms with E-state index in [4.69, 9.17) is 4.52 Å². The Morgan fingerprint density at radius 3 is 2.54 bits per heavy atom. The van der Waals surface area contributed by atoms with Crippen LogP contribution in [0.15, 0.2) is 59.1 Å². The Morgan fingerprint density at radius 2 is 1.82 bits per heavy atom. The van der Waals surface area contributed by atoms with Crippen LogP contribution < -0.4 is 10.2 Å². The summed E-state index contributed by atoms with van der Waals surface area (Å²) in [5.74, 6) is 0.826. The molecular weight excluding hydrogens is 352 g/mol. The van der Waals surface area contributed by atoms with Gasteiger partial charge < -0.3 is 14.7 Å². The number of hydrogen-bond donors (Lipinski definition) is 1. The van der Waals surface area contributed by atoms with Crippen LogP contribution in [0.1, 0.15) is 36.0 Å². The van der Waals surface area contributed by atoms with Crippen molar-refractivity contribution in [3.8, 4) is 11.4 Å². The van der Waals surface area contributed by atoms with Gasteiger partial charge in [-0.15, -0.1) is 0 Å². The van der Waals surface area contributed by atoms with Crippen molar-refractivity contribution in [2.24, 2.45) is 5.92 Å². The predicted molar refractivity (Wildman–Crippen MR) is 108 cm³/mol. The number of nitrogens with zero attached hydrogens (tertiary/aromatic N) is 3. The summed E-state index contributed by atoms with van der Waals surface area (Å²) in [4.78, 5) is 18.9. The lowest BCUT2D eigenvalue weighted by Crippen LogP contribution is -2.32. The molecule has 0 bridgehead atoms. The Kier molecular flexibility index (Phi) is 5.37. The fourth-order valence-electron chi connectivity index (χ4n) is 3.37. The number of aromatic nitrogens is 2. The lowest BCUT2D eigenvalue weighted by Gasteiger charge is -2.32. The molecule has 0 saturated carbocycles. The number of anilines is 1. The van der Waals surface area contributed by atoms with E-state index in [2.05, 4.69) is 39.4 Å². The van der Waals surface area contributed by atoms with E-state index < -0.39 is 0 Å². The zero-order valence-corrected chi connectivity index (χ0v) is 16.0. The summed E-state index contributed by atoms with van der Waals surface area (Å²) in [6.45, 7) is 4.91. The highest BCUT2D eigenvalue weighted by atomic mass is 16.5. The van der Waals surface area contributed by atoms with Gasteiger partial charge in [-0.2, -0.15) is 4.98 Å². The highest BCUT2D eigenvalue weighted by Crippen LogP contribution is 2.25. The largest absolute Gasteiger partial charge is 0.372 e. The van der Waals surface area contributed by atoms with Crippen molar-refractivity contribution in [3.63, 3.8) is 0 Å². The molecule has 6 heteroatoms. The van der Waals surface area contributed by atoms with E-state index in [0.29, 0.717) is 12.4 Å². The van der Waals surface area contributed by atoms with Gasteiger partial charge in [-0.3, -0.25) is 4.79 Å². The lowest BCUT2D eigenvalue weighted by atomic mass is 9.98. The summed E-state index contributed by atoms with van der Waals surface area (Å²) in [6, 6.07) is 17.8. The molecule has 3 aromatic rings. The number of amides is 1. The van der Waals surface area contributed by atoms with Crippen molar-refractivity contribution in [1.82, 2.24) is 15.5 Å². The van der Waals surface area contributed by atoms with E-state index in [1.165, 1.54) is 18.5 Å². The Morgan fingerprint density at radius 1 is 1.11 bits per heavy atom. The summed E-state index contributed by atoms with van der Waals surface area (Å²) in [7, 11) is 0. The minimum Gasteiger partial charge on any atom is -0.372 e. The summed E-state index contributed by atoms with van der Waals surface area (Å²) >= 11 is 0. The molecule has 2 heterocycles. The molecule has 6 nitrogen and oxygen atoms in total. The molecule has 4 rings (SSSR count). The summed E-state index contributed by atoms with van der Waals surface area (Å²) in [5.41, 5.74) is 3.05. The highest BCUT2D eigenvalue weighted by molar-refractivity contribution is 5.89. The first-order chi connectivity index (χ1) is 13.7. The predicted octanol–water partition coefficient (Wildman–Crippen LogP) is 3.90. The van der Waals surface area contributed by atoms with Gasteiger partial charge in [0, 0.05) is 30.9 Å². The first-order valence-electron chi connectivity index (χ1n) is 9.70. The maximum atomic E-state index is 12.2. The van der Waals surface area contributed by atoms with E-state index in [1.807, 2.05) is 42.5 Å². The monoisotopic (exact) mass is 376 g/mol. The molecule has 1 aliphatic heterocycles. The standard InChI is InChI=1S/C22H24N4O2/c1-16-11-13-26(14-12-16)19-9-7-18(8-10-19)20-24-22(28-25-20)21(27)23-15-17-5-3-2-4-6-17/h2-10,16H,11-15H2,1H3,(H,23,27). The molecule has 0 spiro atoms. The summed E-state index contributed by atoms with van der Waals surface area (Å²) in [5, 5.41) is 6.75. The van der Waals surface area contributed by atoms with Gasteiger partial charge in [0.15, 0.2) is 0 Å². The van der Waals surface area contributed by atoms with Gasteiger partial charge in [0.25, 0.3) is 0 Å². The number of hydrogen-bond acceptors (Lipinski definition) is 5. The Balaban J connectivity index is 1.39. The number of carbonyl (C=O) groups excluding carboxylic acids is 1. The van der Waals surface area contributed by atoms with Crippen LogP contribution in [-0.4, -0.2) is 29.1 Å². The van der Waals surface area contributed by atoms with E-state index in [9.17, 15) is 4.79 Å². The second-order valence-corrected chi connectivity index (χ2v) is 7.31. The quantitative estimate of drug-likeness (QED) is 0.731. The van der Waals surface area contributed by atoms with Crippen LogP contribution in [0.2, 0.25) is 0 Å². The Labute approximate surface area is 164 Å². The molecule has 1 amide bonds. The Bertz CT molecular complexity index is 913. The zero-order valence-electron chi connectivity index (χ0n) is 16.0. The third-order valence-corrected chi connectivity index (χ3v) is 5.19. The molecule has 0 unspecified atom stereocenters. The van der Waals surface area contributed by atoms with Crippen molar-refractivity contribution in [2.45, 2.75) is 26.3 Å². The molecule has 144 valence electrons. The van der Waals surface area contributed by atoms with E-state index >= 15 is 0 Å². The minimum absolute atomic E-state index is 0.0278. The van der Waals surface area contributed by atoms with Gasteiger partial charge in [-0.05, 0) is 48.6 Å². The van der Waals surface area contributed by atoms with Crippen LogP contribution in [-0.2, 0) is 6.54 Å². The third kappa shape index (κ3) is 4.22. The molecule has 1 N–H and O–H groups in total. The molecule has 0 atom stereocenters. The normalized spacial score (nSPS) is 14.8. The van der Waals surface area contributed by atoms with Crippen molar-refractivity contribution >= 4 is 11.6 Å². The van der Waals surface area contributed by atoms with E-state index in [0.717, 1.165) is 30.1 Å². The molecular formula is C22H24N4O2. The number of rotatable bonds is 5. The van der Waals surface area contributed by atoms with Crippen molar-refractivity contribution in [3.05, 3.63) is 66.1 Å². The number of benzene rings is 2. The average Bonchev–Trinajstić information content (AvgIpc) is 3.24. The van der Waals surface area contributed by atoms with Gasteiger partial charge in [0.05, 0.1) is 0 Å². The van der Waals surface area contributed by atoms with Crippen LogP contribution in [0.5, 0.6) is 0 Å². The first kappa shape index (κ1) is 18.2. The smallest absolute Gasteiger partial charge is 0.316 e. The fraction of sp³-hybridized carbons (Fsp3) is 0.318. The molecule has 1 saturated heterocycles. The first-order valence-corrected chi connectivity index (χ1v) is 9.70. The van der Waals surface area contributed by atoms with Crippen LogP contribution in [0.3, 0.4) is 0 Å². The SMILES string of the molecule is CC1CCN(c2ccc(-c3noc(C(=O)NCc4ccccc4)n3)cc2)CC1. The summed E-state index contributed by atoms with van der Waals surface area (Å²) < 4.78 is 5.14. The van der Waals surface area contributed by atoms with Gasteiger partial charge in [-0.1, -0.05) is 42.4 Å². The fourth-order valence-corrected chi connectivity index (χ4v) is 3.37. The van der Waals surface area contributed by atoms with Crippen molar-refractivity contribution in [1.29, 1.82) is 0 Å². The van der Waals surface area contributed by atoms with Crippen molar-refractivity contribution in [2.75, 3.05) is 18.0 Å². The zero-order chi connectivity index (χ0) is 19.3. The topological polar surface area (TPSA) is 71.3 Å². The van der Waals surface area contributed by atoms with Crippen LogP contribution in [0, 0.1) is 5.92 Å². The average molecular weight is 376 g/mol. The molecule has 2 aromatic carbocycles. The lowest BCUT2D eigenvalue weighted by molar-refractivity contribution is 0.0907. The van der Waals surface area contributed by atoms with Crippen LogP contribution in [0.4, 0.5) is 5.69 Å². The second kappa shape index (κ2) is 8.25. The van der Waals surface area contributed by atoms with E-state index in [-0.39, 0.29) is 11.8 Å². The van der Waals surface area contributed by atoms with Gasteiger partial charge >= 0.3 is 11.8 Å². The number of piperidine rings is 1. The molecule has 1 aromatic heterocycles. The molecule has 28 heavy (non-hydrogen) atoms. The minimum atomic E-state index is -0.373. The Hall–Kier alpha value is -3.15. The molecule has 1 fully saturated rings. The molecule has 0 aliphatic carbocycles.